The second-order valence-electron chi connectivity index (χ2n) is 5.30. The van der Waals surface area contributed by atoms with E-state index in [2.05, 4.69) is 29.7 Å². The molecule has 0 spiro atoms. The zero-order valence-corrected chi connectivity index (χ0v) is 13.2. The van der Waals surface area contributed by atoms with Gasteiger partial charge in [-0.3, -0.25) is 14.6 Å². The van der Waals surface area contributed by atoms with Gasteiger partial charge in [-0.2, -0.15) is 0 Å². The SMILES string of the molecule is O=C(CN1CCN(CCn2ccnc2)CC1)Nc1nccs1. The van der Waals surface area contributed by atoms with Crippen molar-refractivity contribution < 1.29 is 4.79 Å². The molecule has 0 radical (unpaired) electrons. The summed E-state index contributed by atoms with van der Waals surface area (Å²) in [6.45, 7) is 6.28. The molecule has 0 saturated carbocycles. The number of rotatable bonds is 6. The summed E-state index contributed by atoms with van der Waals surface area (Å²) in [4.78, 5) is 24.7. The number of thiazole rings is 1. The molecule has 0 atom stereocenters. The molecule has 7 nitrogen and oxygen atoms in total. The molecule has 8 heteroatoms. The van der Waals surface area contributed by atoms with Gasteiger partial charge in [0.1, 0.15) is 0 Å². The molecule has 2 aromatic heterocycles. The summed E-state index contributed by atoms with van der Waals surface area (Å²) in [6, 6.07) is 0. The molecule has 2 aromatic rings. The van der Waals surface area contributed by atoms with Crippen LogP contribution in [0.5, 0.6) is 0 Å². The van der Waals surface area contributed by atoms with Crippen LogP contribution in [0.15, 0.2) is 30.3 Å². The van der Waals surface area contributed by atoms with Crippen LogP contribution in [0.1, 0.15) is 0 Å². The molecule has 118 valence electrons. The fraction of sp³-hybridized carbons (Fsp3) is 0.500. The van der Waals surface area contributed by atoms with E-state index in [9.17, 15) is 4.79 Å². The third kappa shape index (κ3) is 4.36. The van der Waals surface area contributed by atoms with Crippen molar-refractivity contribution >= 4 is 22.4 Å². The molecule has 1 fully saturated rings. The van der Waals surface area contributed by atoms with Gasteiger partial charge >= 0.3 is 0 Å². The van der Waals surface area contributed by atoms with Crippen molar-refractivity contribution in [3.8, 4) is 0 Å². The van der Waals surface area contributed by atoms with Gasteiger partial charge in [-0.1, -0.05) is 0 Å². The van der Waals surface area contributed by atoms with E-state index in [1.807, 2.05) is 17.9 Å². The second kappa shape index (κ2) is 7.48. The van der Waals surface area contributed by atoms with Gasteiger partial charge in [-0.05, 0) is 0 Å². The quantitative estimate of drug-likeness (QED) is 0.844. The Kier molecular flexibility index (Phi) is 5.15. The molecule has 1 N–H and O–H groups in total. The predicted octanol–water partition coefficient (Wildman–Crippen LogP) is 0.596. The van der Waals surface area contributed by atoms with E-state index in [0.717, 1.165) is 39.3 Å². The van der Waals surface area contributed by atoms with E-state index >= 15 is 0 Å². The number of nitrogens with zero attached hydrogens (tertiary/aromatic N) is 5. The number of carbonyl (C=O) groups is 1. The average Bonchev–Trinajstić information content (AvgIpc) is 3.20. The highest BCUT2D eigenvalue weighted by atomic mass is 32.1. The normalized spacial score (nSPS) is 16.7. The van der Waals surface area contributed by atoms with Crippen molar-refractivity contribution in [3.63, 3.8) is 0 Å². The summed E-state index contributed by atoms with van der Waals surface area (Å²) in [6.07, 6.45) is 7.33. The Balaban J connectivity index is 1.35. The van der Waals surface area contributed by atoms with Crippen LogP contribution in [0.25, 0.3) is 0 Å². The minimum Gasteiger partial charge on any atom is -0.336 e. The van der Waals surface area contributed by atoms with Crippen LogP contribution in [0, 0.1) is 0 Å². The number of imidazole rings is 1. The van der Waals surface area contributed by atoms with Crippen LogP contribution < -0.4 is 5.32 Å². The molecule has 3 heterocycles. The predicted molar refractivity (Wildman–Crippen MR) is 85.9 cm³/mol. The monoisotopic (exact) mass is 320 g/mol. The number of hydrogen-bond acceptors (Lipinski definition) is 6. The Morgan fingerprint density at radius 3 is 2.68 bits per heavy atom. The Bertz CT molecular complexity index is 562. The van der Waals surface area contributed by atoms with E-state index < -0.39 is 0 Å². The fourth-order valence-electron chi connectivity index (χ4n) is 2.49. The molecule has 1 saturated heterocycles. The van der Waals surface area contributed by atoms with Gasteiger partial charge in [0.25, 0.3) is 0 Å². The third-order valence-corrected chi connectivity index (χ3v) is 4.43. The van der Waals surface area contributed by atoms with E-state index in [0.29, 0.717) is 11.7 Å². The van der Waals surface area contributed by atoms with Gasteiger partial charge in [0, 0.05) is 63.2 Å². The molecule has 3 rings (SSSR count). The lowest BCUT2D eigenvalue weighted by atomic mass is 10.3. The van der Waals surface area contributed by atoms with Crippen LogP contribution in [-0.2, 0) is 11.3 Å². The topological polar surface area (TPSA) is 66.3 Å². The number of piperazine rings is 1. The van der Waals surface area contributed by atoms with Crippen LogP contribution in [0.3, 0.4) is 0 Å². The first kappa shape index (κ1) is 15.1. The highest BCUT2D eigenvalue weighted by molar-refractivity contribution is 7.13. The maximum Gasteiger partial charge on any atom is 0.240 e. The van der Waals surface area contributed by atoms with E-state index in [-0.39, 0.29) is 5.91 Å². The van der Waals surface area contributed by atoms with Crippen LogP contribution >= 0.6 is 11.3 Å². The lowest BCUT2D eigenvalue weighted by Gasteiger charge is -2.34. The van der Waals surface area contributed by atoms with Crippen molar-refractivity contribution in [1.29, 1.82) is 0 Å². The Morgan fingerprint density at radius 1 is 1.18 bits per heavy atom. The summed E-state index contributed by atoms with van der Waals surface area (Å²) < 4.78 is 2.09. The Morgan fingerprint density at radius 2 is 2.00 bits per heavy atom. The number of nitrogens with one attached hydrogen (secondary N) is 1. The van der Waals surface area contributed by atoms with Crippen molar-refractivity contribution in [2.75, 3.05) is 44.6 Å². The summed E-state index contributed by atoms with van der Waals surface area (Å²) >= 11 is 1.44. The highest BCUT2D eigenvalue weighted by Crippen LogP contribution is 2.10. The standard InChI is InChI=1S/C14H20N6OS/c21-13(17-14-16-2-10-22-14)11-19-7-4-18(5-8-19)6-9-20-3-1-15-12-20/h1-3,10,12H,4-9,11H2,(H,16,17,21). The summed E-state index contributed by atoms with van der Waals surface area (Å²) in [7, 11) is 0. The molecule has 0 aliphatic carbocycles. The van der Waals surface area contributed by atoms with Crippen LogP contribution in [-0.4, -0.2) is 69.5 Å². The number of amides is 1. The first-order chi connectivity index (χ1) is 10.8. The maximum absolute atomic E-state index is 11.9. The van der Waals surface area contributed by atoms with Gasteiger partial charge in [-0.25, -0.2) is 9.97 Å². The molecule has 22 heavy (non-hydrogen) atoms. The molecule has 0 aromatic carbocycles. The van der Waals surface area contributed by atoms with E-state index in [4.69, 9.17) is 0 Å². The molecule has 0 unspecified atom stereocenters. The van der Waals surface area contributed by atoms with Crippen molar-refractivity contribution in [1.82, 2.24) is 24.3 Å². The number of carbonyl (C=O) groups excluding carboxylic acids is 1. The molecular weight excluding hydrogens is 300 g/mol. The Labute approximate surface area is 133 Å². The molecule has 1 amide bonds. The maximum atomic E-state index is 11.9. The minimum absolute atomic E-state index is 0.0156. The zero-order valence-electron chi connectivity index (χ0n) is 12.4. The van der Waals surface area contributed by atoms with Crippen molar-refractivity contribution in [2.45, 2.75) is 6.54 Å². The first-order valence-corrected chi connectivity index (χ1v) is 8.27. The minimum atomic E-state index is 0.0156. The largest absolute Gasteiger partial charge is 0.336 e. The fourth-order valence-corrected chi connectivity index (χ4v) is 3.04. The summed E-state index contributed by atoms with van der Waals surface area (Å²) in [5, 5.41) is 5.35. The van der Waals surface area contributed by atoms with Gasteiger partial charge in [0.05, 0.1) is 12.9 Å². The van der Waals surface area contributed by atoms with Gasteiger partial charge < -0.3 is 9.88 Å². The summed E-state index contributed by atoms with van der Waals surface area (Å²) in [5.74, 6) is 0.0156. The van der Waals surface area contributed by atoms with E-state index in [1.165, 1.54) is 11.3 Å². The van der Waals surface area contributed by atoms with Gasteiger partial charge in [0.2, 0.25) is 5.91 Å². The van der Waals surface area contributed by atoms with Crippen LogP contribution in [0.2, 0.25) is 0 Å². The first-order valence-electron chi connectivity index (χ1n) is 7.39. The third-order valence-electron chi connectivity index (χ3n) is 3.74. The van der Waals surface area contributed by atoms with Crippen molar-refractivity contribution in [2.24, 2.45) is 0 Å². The van der Waals surface area contributed by atoms with Gasteiger partial charge in [0.15, 0.2) is 5.13 Å². The lowest BCUT2D eigenvalue weighted by molar-refractivity contribution is -0.117. The lowest BCUT2D eigenvalue weighted by Crippen LogP contribution is -2.49. The zero-order chi connectivity index (χ0) is 15.2. The number of hydrogen-bond donors (Lipinski definition) is 1. The average molecular weight is 320 g/mol. The summed E-state index contributed by atoms with van der Waals surface area (Å²) in [5.41, 5.74) is 0. The van der Waals surface area contributed by atoms with E-state index in [1.54, 1.807) is 12.4 Å². The van der Waals surface area contributed by atoms with Crippen molar-refractivity contribution in [3.05, 3.63) is 30.3 Å². The molecular formula is C14H20N6OS. The molecule has 1 aliphatic rings. The number of aromatic nitrogens is 3. The highest BCUT2D eigenvalue weighted by Gasteiger charge is 2.18. The molecule has 1 aliphatic heterocycles. The Hall–Kier alpha value is -1.77. The molecule has 0 bridgehead atoms. The number of anilines is 1. The smallest absolute Gasteiger partial charge is 0.240 e. The van der Waals surface area contributed by atoms with Crippen LogP contribution in [0.4, 0.5) is 5.13 Å². The second-order valence-corrected chi connectivity index (χ2v) is 6.20. The van der Waals surface area contributed by atoms with Gasteiger partial charge in [-0.15, -0.1) is 11.3 Å².